The van der Waals surface area contributed by atoms with Crippen LogP contribution in [-0.4, -0.2) is 36.0 Å². The number of ketones is 2. The van der Waals surface area contributed by atoms with Crippen molar-refractivity contribution in [1.29, 1.82) is 0 Å². The minimum Gasteiger partial charge on any atom is -0.481 e. The molecule has 0 bridgehead atoms. The van der Waals surface area contributed by atoms with Gasteiger partial charge >= 0.3 is 0 Å². The summed E-state index contributed by atoms with van der Waals surface area (Å²) in [4.78, 5) is 40.9. The minimum absolute atomic E-state index is 0.0495. The molecule has 1 amide bonds. The summed E-state index contributed by atoms with van der Waals surface area (Å²) in [6.45, 7) is 1.55. The standard InChI is InChI=1S/C29H27Cl3N2O4/c1-15-9-10-17(13-18(15)30)33-25(37)14-38-29-19(31)11-16(12-20(29)32)26-27-21(5-3-7-23(27)35)34(2)22-6-4-8-24(36)28(22)26/h9-13,26H,3-8,14H2,1-2H3,(H,33,37). The second kappa shape index (κ2) is 10.8. The summed E-state index contributed by atoms with van der Waals surface area (Å²) in [6, 6.07) is 8.60. The van der Waals surface area contributed by atoms with Crippen LogP contribution in [0.15, 0.2) is 52.9 Å². The monoisotopic (exact) mass is 572 g/mol. The Bertz CT molecular complexity index is 1360. The van der Waals surface area contributed by atoms with Crippen molar-refractivity contribution in [3.8, 4) is 5.75 Å². The first kappa shape index (κ1) is 26.8. The summed E-state index contributed by atoms with van der Waals surface area (Å²) < 4.78 is 5.70. The number of aryl methyl sites for hydroxylation is 1. The maximum atomic E-state index is 13.2. The minimum atomic E-state index is -0.518. The summed E-state index contributed by atoms with van der Waals surface area (Å²) in [5, 5.41) is 3.68. The number of benzene rings is 2. The average molecular weight is 574 g/mol. The number of hydrogen-bond acceptors (Lipinski definition) is 5. The summed E-state index contributed by atoms with van der Waals surface area (Å²) in [6.07, 6.45) is 4.03. The van der Waals surface area contributed by atoms with E-state index >= 15 is 0 Å². The van der Waals surface area contributed by atoms with Gasteiger partial charge in [-0.2, -0.15) is 0 Å². The summed E-state index contributed by atoms with van der Waals surface area (Å²) in [5.74, 6) is -0.658. The molecule has 1 N–H and O–H groups in total. The molecular formula is C29H27Cl3N2O4. The molecule has 0 saturated carbocycles. The van der Waals surface area contributed by atoms with E-state index in [0.717, 1.165) is 42.6 Å². The number of carbonyl (C=O) groups is 3. The van der Waals surface area contributed by atoms with E-state index in [2.05, 4.69) is 10.2 Å². The van der Waals surface area contributed by atoms with Crippen molar-refractivity contribution in [3.63, 3.8) is 0 Å². The fraction of sp³-hybridized carbons (Fsp3) is 0.345. The van der Waals surface area contributed by atoms with Gasteiger partial charge < -0.3 is 15.0 Å². The van der Waals surface area contributed by atoms with Crippen LogP contribution < -0.4 is 10.1 Å². The van der Waals surface area contributed by atoms with Gasteiger partial charge in [-0.25, -0.2) is 0 Å². The van der Waals surface area contributed by atoms with Crippen molar-refractivity contribution < 1.29 is 19.1 Å². The van der Waals surface area contributed by atoms with Crippen LogP contribution in [0.2, 0.25) is 15.1 Å². The number of hydrogen-bond donors (Lipinski definition) is 1. The smallest absolute Gasteiger partial charge is 0.262 e. The lowest BCUT2D eigenvalue weighted by atomic mass is 9.71. The second-order valence-corrected chi connectivity index (χ2v) is 11.1. The summed E-state index contributed by atoms with van der Waals surface area (Å²) in [5.41, 5.74) is 5.38. The lowest BCUT2D eigenvalue weighted by molar-refractivity contribution is -0.118. The molecule has 0 saturated heterocycles. The molecule has 0 atom stereocenters. The molecule has 198 valence electrons. The van der Waals surface area contributed by atoms with E-state index in [9.17, 15) is 14.4 Å². The zero-order valence-electron chi connectivity index (χ0n) is 21.1. The number of anilines is 1. The Labute approximate surface area is 236 Å². The third-order valence-electron chi connectivity index (χ3n) is 7.40. The molecule has 1 heterocycles. The molecule has 0 radical (unpaired) electrons. The number of nitrogens with one attached hydrogen (secondary N) is 1. The van der Waals surface area contributed by atoms with E-state index < -0.39 is 11.8 Å². The van der Waals surface area contributed by atoms with Crippen molar-refractivity contribution in [2.24, 2.45) is 0 Å². The average Bonchev–Trinajstić information content (AvgIpc) is 2.87. The number of nitrogens with zero attached hydrogens (tertiary/aromatic N) is 1. The molecule has 9 heteroatoms. The third kappa shape index (κ3) is 4.97. The Morgan fingerprint density at radius 1 is 0.921 bits per heavy atom. The van der Waals surface area contributed by atoms with Crippen LogP contribution in [0.1, 0.15) is 55.6 Å². The van der Waals surface area contributed by atoms with Crippen molar-refractivity contribution in [3.05, 3.63) is 79.1 Å². The predicted octanol–water partition coefficient (Wildman–Crippen LogP) is 7.02. The highest BCUT2D eigenvalue weighted by atomic mass is 35.5. The van der Waals surface area contributed by atoms with E-state index in [4.69, 9.17) is 39.5 Å². The van der Waals surface area contributed by atoms with Gasteiger partial charge in [0.25, 0.3) is 5.91 Å². The summed E-state index contributed by atoms with van der Waals surface area (Å²) >= 11 is 19.4. The van der Waals surface area contributed by atoms with Crippen LogP contribution in [0, 0.1) is 6.92 Å². The maximum absolute atomic E-state index is 13.2. The van der Waals surface area contributed by atoms with E-state index in [1.165, 1.54) is 0 Å². The molecule has 0 spiro atoms. The van der Waals surface area contributed by atoms with Gasteiger partial charge in [-0.1, -0.05) is 40.9 Å². The molecule has 0 aromatic heterocycles. The van der Waals surface area contributed by atoms with E-state index in [1.807, 2.05) is 20.0 Å². The number of halogens is 3. The molecule has 6 nitrogen and oxygen atoms in total. The number of ether oxygens (including phenoxy) is 1. The van der Waals surface area contributed by atoms with Crippen molar-refractivity contribution in [1.82, 2.24) is 4.90 Å². The molecular weight excluding hydrogens is 547 g/mol. The zero-order valence-corrected chi connectivity index (χ0v) is 23.4. The van der Waals surface area contributed by atoms with Crippen LogP contribution >= 0.6 is 34.8 Å². The van der Waals surface area contributed by atoms with Gasteiger partial charge in [0.1, 0.15) is 0 Å². The Hall–Kier alpha value is -2.80. The quantitative estimate of drug-likeness (QED) is 0.416. The highest BCUT2D eigenvalue weighted by Gasteiger charge is 2.42. The SMILES string of the molecule is Cc1ccc(NC(=O)COc2c(Cl)cc(C3C4=C(CCCC4=O)N(C)C4=C3C(=O)CCC4)cc2Cl)cc1Cl. The highest BCUT2D eigenvalue weighted by molar-refractivity contribution is 6.37. The third-order valence-corrected chi connectivity index (χ3v) is 8.37. The Balaban J connectivity index is 1.43. The normalized spacial score (nSPS) is 18.0. The molecule has 2 aromatic carbocycles. The molecule has 38 heavy (non-hydrogen) atoms. The topological polar surface area (TPSA) is 75.7 Å². The van der Waals surface area contributed by atoms with Gasteiger partial charge in [0.05, 0.1) is 10.0 Å². The zero-order chi connectivity index (χ0) is 27.1. The summed E-state index contributed by atoms with van der Waals surface area (Å²) in [7, 11) is 1.95. The first-order valence-electron chi connectivity index (χ1n) is 12.6. The van der Waals surface area contributed by atoms with Gasteiger partial charge in [-0.05, 0) is 68.0 Å². The lowest BCUT2D eigenvalue weighted by Crippen LogP contribution is -2.37. The van der Waals surface area contributed by atoms with E-state index in [0.29, 0.717) is 40.3 Å². The fourth-order valence-electron chi connectivity index (χ4n) is 5.58. The van der Waals surface area contributed by atoms with Gasteiger partial charge in [0, 0.05) is 59.1 Å². The fourth-order valence-corrected chi connectivity index (χ4v) is 6.37. The molecule has 2 aliphatic carbocycles. The highest BCUT2D eigenvalue weighted by Crippen LogP contribution is 2.50. The lowest BCUT2D eigenvalue weighted by Gasteiger charge is -2.42. The Morgan fingerprint density at radius 3 is 2.05 bits per heavy atom. The van der Waals surface area contributed by atoms with Crippen LogP contribution in [0.3, 0.4) is 0 Å². The Morgan fingerprint density at radius 2 is 1.50 bits per heavy atom. The molecule has 0 unspecified atom stereocenters. The largest absolute Gasteiger partial charge is 0.481 e. The number of carbonyl (C=O) groups excluding carboxylic acids is 3. The van der Waals surface area contributed by atoms with Gasteiger partial charge in [0.15, 0.2) is 23.9 Å². The predicted molar refractivity (Wildman–Crippen MR) is 149 cm³/mol. The van der Waals surface area contributed by atoms with Gasteiger partial charge in [-0.3, -0.25) is 14.4 Å². The van der Waals surface area contributed by atoms with Gasteiger partial charge in [0.2, 0.25) is 0 Å². The van der Waals surface area contributed by atoms with E-state index in [-0.39, 0.29) is 34.0 Å². The molecule has 3 aliphatic rings. The number of allylic oxidation sites excluding steroid dienone is 4. The molecule has 0 fully saturated rings. The first-order valence-corrected chi connectivity index (χ1v) is 13.7. The van der Waals surface area contributed by atoms with Crippen molar-refractivity contribution in [2.75, 3.05) is 19.0 Å². The van der Waals surface area contributed by atoms with Crippen LogP contribution in [0.4, 0.5) is 5.69 Å². The molecule has 2 aromatic rings. The first-order chi connectivity index (χ1) is 18.2. The van der Waals surface area contributed by atoms with Gasteiger partial charge in [-0.15, -0.1) is 0 Å². The maximum Gasteiger partial charge on any atom is 0.262 e. The number of rotatable bonds is 5. The van der Waals surface area contributed by atoms with Crippen molar-refractivity contribution >= 4 is 58.0 Å². The van der Waals surface area contributed by atoms with Crippen LogP contribution in [-0.2, 0) is 14.4 Å². The van der Waals surface area contributed by atoms with E-state index in [1.54, 1.807) is 24.3 Å². The number of amides is 1. The van der Waals surface area contributed by atoms with Crippen LogP contribution in [0.5, 0.6) is 5.75 Å². The number of Topliss-reactive ketones (excluding diaryl/α,β-unsaturated/α-hetero) is 2. The molecule has 5 rings (SSSR count). The second-order valence-electron chi connectivity index (χ2n) is 9.88. The van der Waals surface area contributed by atoms with Crippen LogP contribution in [0.25, 0.3) is 0 Å². The van der Waals surface area contributed by atoms with Crippen molar-refractivity contribution in [2.45, 2.75) is 51.4 Å². The Kier molecular flexibility index (Phi) is 7.58. The molecule has 1 aliphatic heterocycles.